The molecule has 0 saturated carbocycles. The lowest BCUT2D eigenvalue weighted by molar-refractivity contribution is 0.416. The van der Waals surface area contributed by atoms with Crippen molar-refractivity contribution in [2.24, 2.45) is 0 Å². The first-order valence-electron chi connectivity index (χ1n) is 5.05. The average molecular weight is 243 g/mol. The van der Waals surface area contributed by atoms with Crippen LogP contribution in [0.15, 0.2) is 12.1 Å². The SMILES string of the molecule is CCS(=O)(=O)Nc1cc(C)c(C)cc1OC. The summed E-state index contributed by atoms with van der Waals surface area (Å²) in [5.74, 6) is 0.587. The summed E-state index contributed by atoms with van der Waals surface area (Å²) in [6, 6.07) is 3.60. The zero-order valence-electron chi connectivity index (χ0n) is 9.99. The molecule has 0 aromatic heterocycles. The minimum absolute atomic E-state index is 0.0447. The van der Waals surface area contributed by atoms with Crippen molar-refractivity contribution >= 4 is 15.7 Å². The van der Waals surface area contributed by atoms with Gasteiger partial charge in [0.15, 0.2) is 0 Å². The van der Waals surface area contributed by atoms with E-state index in [1.807, 2.05) is 19.9 Å². The van der Waals surface area contributed by atoms with Crippen LogP contribution in [0.4, 0.5) is 5.69 Å². The number of nitrogens with one attached hydrogen (secondary N) is 1. The van der Waals surface area contributed by atoms with Gasteiger partial charge >= 0.3 is 0 Å². The predicted molar refractivity (Wildman–Crippen MR) is 65.6 cm³/mol. The van der Waals surface area contributed by atoms with Gasteiger partial charge in [-0.05, 0) is 44.0 Å². The number of sulfonamides is 1. The lowest BCUT2D eigenvalue weighted by atomic mass is 10.1. The second-order valence-electron chi connectivity index (χ2n) is 3.64. The van der Waals surface area contributed by atoms with Gasteiger partial charge in [-0.2, -0.15) is 0 Å². The summed E-state index contributed by atoms with van der Waals surface area (Å²) in [5.41, 5.74) is 2.58. The van der Waals surface area contributed by atoms with Crippen LogP contribution in [0.2, 0.25) is 0 Å². The lowest BCUT2D eigenvalue weighted by Gasteiger charge is -2.13. The Morgan fingerprint density at radius 3 is 2.31 bits per heavy atom. The minimum Gasteiger partial charge on any atom is -0.495 e. The van der Waals surface area contributed by atoms with Crippen molar-refractivity contribution in [2.75, 3.05) is 17.6 Å². The molecule has 1 aromatic carbocycles. The highest BCUT2D eigenvalue weighted by atomic mass is 32.2. The van der Waals surface area contributed by atoms with Crippen LogP contribution in [0.5, 0.6) is 5.75 Å². The van der Waals surface area contributed by atoms with Gasteiger partial charge in [0.25, 0.3) is 0 Å². The molecule has 0 bridgehead atoms. The molecule has 0 aliphatic heterocycles. The Morgan fingerprint density at radius 1 is 1.25 bits per heavy atom. The van der Waals surface area contributed by atoms with E-state index < -0.39 is 10.0 Å². The van der Waals surface area contributed by atoms with Crippen LogP contribution in [-0.2, 0) is 10.0 Å². The summed E-state index contributed by atoms with van der Waals surface area (Å²) in [7, 11) is -1.74. The molecule has 0 saturated heterocycles. The molecule has 1 rings (SSSR count). The zero-order chi connectivity index (χ0) is 12.3. The van der Waals surface area contributed by atoms with Crippen molar-refractivity contribution in [3.63, 3.8) is 0 Å². The van der Waals surface area contributed by atoms with Gasteiger partial charge in [0.2, 0.25) is 10.0 Å². The monoisotopic (exact) mass is 243 g/mol. The fraction of sp³-hybridized carbons (Fsp3) is 0.455. The molecule has 4 nitrogen and oxygen atoms in total. The molecule has 1 aromatic rings. The Labute approximate surface area is 96.7 Å². The summed E-state index contributed by atoms with van der Waals surface area (Å²) in [6.07, 6.45) is 0. The van der Waals surface area contributed by atoms with Crippen LogP contribution < -0.4 is 9.46 Å². The van der Waals surface area contributed by atoms with Gasteiger partial charge in [0.05, 0.1) is 18.6 Å². The van der Waals surface area contributed by atoms with E-state index in [4.69, 9.17) is 4.74 Å². The number of aryl methyl sites for hydroxylation is 2. The van der Waals surface area contributed by atoms with E-state index in [2.05, 4.69) is 4.72 Å². The lowest BCUT2D eigenvalue weighted by Crippen LogP contribution is -2.15. The predicted octanol–water partition coefficient (Wildman–Crippen LogP) is 2.07. The van der Waals surface area contributed by atoms with Crippen LogP contribution in [0, 0.1) is 13.8 Å². The largest absolute Gasteiger partial charge is 0.495 e. The van der Waals surface area contributed by atoms with Gasteiger partial charge in [-0.25, -0.2) is 8.42 Å². The van der Waals surface area contributed by atoms with Gasteiger partial charge in [0, 0.05) is 0 Å². The summed E-state index contributed by atoms with van der Waals surface area (Å²) >= 11 is 0. The number of hydrogen-bond donors (Lipinski definition) is 1. The van der Waals surface area contributed by atoms with Gasteiger partial charge < -0.3 is 4.74 Å². The van der Waals surface area contributed by atoms with Crippen molar-refractivity contribution in [3.8, 4) is 5.75 Å². The van der Waals surface area contributed by atoms with Crippen LogP contribution in [0.25, 0.3) is 0 Å². The van der Waals surface area contributed by atoms with E-state index in [-0.39, 0.29) is 5.75 Å². The fourth-order valence-electron chi connectivity index (χ4n) is 1.28. The maximum atomic E-state index is 11.5. The molecule has 0 fully saturated rings. The third kappa shape index (κ3) is 2.88. The fourth-order valence-corrected chi connectivity index (χ4v) is 1.92. The Kier molecular flexibility index (Phi) is 3.80. The number of rotatable bonds is 4. The third-order valence-electron chi connectivity index (χ3n) is 2.46. The highest BCUT2D eigenvalue weighted by Crippen LogP contribution is 2.28. The van der Waals surface area contributed by atoms with Crippen LogP contribution >= 0.6 is 0 Å². The zero-order valence-corrected chi connectivity index (χ0v) is 10.8. The topological polar surface area (TPSA) is 55.4 Å². The second kappa shape index (κ2) is 4.74. The van der Waals surface area contributed by atoms with E-state index in [0.29, 0.717) is 11.4 Å². The quantitative estimate of drug-likeness (QED) is 0.880. The molecule has 0 unspecified atom stereocenters. The molecule has 1 N–H and O–H groups in total. The van der Waals surface area contributed by atoms with Gasteiger partial charge in [-0.1, -0.05) is 0 Å². The Morgan fingerprint density at radius 2 is 1.81 bits per heavy atom. The van der Waals surface area contributed by atoms with Gasteiger partial charge in [-0.15, -0.1) is 0 Å². The normalized spacial score (nSPS) is 11.2. The molecule has 0 atom stereocenters. The molecular weight excluding hydrogens is 226 g/mol. The van der Waals surface area contributed by atoms with Gasteiger partial charge in [0.1, 0.15) is 5.75 Å². The third-order valence-corrected chi connectivity index (χ3v) is 3.75. The van der Waals surface area contributed by atoms with E-state index in [0.717, 1.165) is 11.1 Å². The highest BCUT2D eigenvalue weighted by Gasteiger charge is 2.12. The minimum atomic E-state index is -3.26. The Hall–Kier alpha value is -1.23. The summed E-state index contributed by atoms with van der Waals surface area (Å²) in [6.45, 7) is 5.48. The Bertz CT molecular complexity index is 480. The molecule has 90 valence electrons. The average Bonchev–Trinajstić information content (AvgIpc) is 2.22. The number of anilines is 1. The molecule has 0 spiro atoms. The molecule has 16 heavy (non-hydrogen) atoms. The summed E-state index contributed by atoms with van der Waals surface area (Å²) in [5, 5.41) is 0. The van der Waals surface area contributed by atoms with Crippen LogP contribution in [-0.4, -0.2) is 21.3 Å². The first-order chi connectivity index (χ1) is 7.39. The van der Waals surface area contributed by atoms with E-state index in [9.17, 15) is 8.42 Å². The number of methoxy groups -OCH3 is 1. The number of hydrogen-bond acceptors (Lipinski definition) is 3. The number of ether oxygens (including phenoxy) is 1. The Balaban J connectivity index is 3.18. The van der Waals surface area contributed by atoms with Crippen LogP contribution in [0.1, 0.15) is 18.1 Å². The highest BCUT2D eigenvalue weighted by molar-refractivity contribution is 7.92. The van der Waals surface area contributed by atoms with E-state index in [1.54, 1.807) is 13.0 Å². The second-order valence-corrected chi connectivity index (χ2v) is 5.65. The molecule has 0 amide bonds. The van der Waals surface area contributed by atoms with Crippen molar-refractivity contribution in [2.45, 2.75) is 20.8 Å². The first-order valence-corrected chi connectivity index (χ1v) is 6.70. The maximum Gasteiger partial charge on any atom is 0.232 e. The van der Waals surface area contributed by atoms with Gasteiger partial charge in [-0.3, -0.25) is 4.72 Å². The molecule has 0 heterocycles. The first kappa shape index (κ1) is 12.8. The smallest absolute Gasteiger partial charge is 0.232 e. The summed E-state index contributed by atoms with van der Waals surface area (Å²) < 4.78 is 30.6. The molecule has 0 aliphatic rings. The molecule has 0 radical (unpaired) electrons. The van der Waals surface area contributed by atoms with Crippen molar-refractivity contribution < 1.29 is 13.2 Å². The molecular formula is C11H17NO3S. The molecule has 5 heteroatoms. The maximum absolute atomic E-state index is 11.5. The summed E-state index contributed by atoms with van der Waals surface area (Å²) in [4.78, 5) is 0. The molecule has 0 aliphatic carbocycles. The van der Waals surface area contributed by atoms with Crippen LogP contribution in [0.3, 0.4) is 0 Å². The van der Waals surface area contributed by atoms with Crippen molar-refractivity contribution in [3.05, 3.63) is 23.3 Å². The number of benzene rings is 1. The van der Waals surface area contributed by atoms with E-state index >= 15 is 0 Å². The van der Waals surface area contributed by atoms with Crippen molar-refractivity contribution in [1.82, 2.24) is 0 Å². The van der Waals surface area contributed by atoms with E-state index in [1.165, 1.54) is 7.11 Å². The standard InChI is InChI=1S/C11H17NO3S/c1-5-16(13,14)12-10-6-8(2)9(3)7-11(10)15-4/h6-7,12H,5H2,1-4H3. The van der Waals surface area contributed by atoms with Crippen molar-refractivity contribution in [1.29, 1.82) is 0 Å².